The van der Waals surface area contributed by atoms with Crippen molar-refractivity contribution in [3.8, 4) is 16.8 Å². The number of fused-ring (bicyclic) bond motifs is 1. The van der Waals surface area contributed by atoms with Crippen LogP contribution in [0.5, 0.6) is 0 Å². The molecule has 4 N–H and O–H groups in total. The lowest BCUT2D eigenvalue weighted by Gasteiger charge is -2.20. The molecule has 0 atom stereocenters. The van der Waals surface area contributed by atoms with Crippen LogP contribution in [0.2, 0.25) is 0 Å². The van der Waals surface area contributed by atoms with E-state index in [-0.39, 0.29) is 18.0 Å². The summed E-state index contributed by atoms with van der Waals surface area (Å²) in [5.41, 5.74) is 9.37. The molecule has 0 unspecified atom stereocenters. The molecule has 1 aliphatic heterocycles. The number of carbonyl (C=O) groups is 2. The first-order chi connectivity index (χ1) is 17.8. The van der Waals surface area contributed by atoms with Crippen LogP contribution in [0, 0.1) is 6.92 Å². The number of nitrogens with zero attached hydrogens (tertiary/aromatic N) is 4. The molecule has 0 spiro atoms. The van der Waals surface area contributed by atoms with Gasteiger partial charge < -0.3 is 16.2 Å². The van der Waals surface area contributed by atoms with Crippen LogP contribution >= 0.6 is 0 Å². The lowest BCUT2D eigenvalue weighted by Crippen LogP contribution is -2.26. The number of anilines is 1. The number of rotatable bonds is 5. The molecule has 15 heteroatoms. The monoisotopic (exact) mass is 540 g/mol. The molecule has 0 saturated heterocycles. The van der Waals surface area contributed by atoms with Gasteiger partial charge in [-0.3, -0.25) is 4.79 Å². The second kappa shape index (κ2) is 11.3. The quantitative estimate of drug-likeness (QED) is 0.422. The number of carboxylic acid groups (broad SMARTS) is 1. The molecule has 4 rings (SSSR count). The first kappa shape index (κ1) is 28.2. The lowest BCUT2D eigenvalue weighted by atomic mass is 9.93. The molecule has 0 radical (unpaired) electrons. The Hall–Kier alpha value is -4.40. The Balaban J connectivity index is 0.000000505. The van der Waals surface area contributed by atoms with E-state index >= 15 is 0 Å². The number of halogens is 5. The van der Waals surface area contributed by atoms with Crippen molar-refractivity contribution in [1.29, 1.82) is 0 Å². The third-order valence-electron chi connectivity index (χ3n) is 5.46. The number of tetrazole rings is 1. The zero-order chi connectivity index (χ0) is 28.2. The van der Waals surface area contributed by atoms with Gasteiger partial charge in [-0.2, -0.15) is 31.3 Å². The molecule has 38 heavy (non-hydrogen) atoms. The first-order valence-corrected chi connectivity index (χ1v) is 10.9. The fourth-order valence-electron chi connectivity index (χ4n) is 3.59. The second-order valence-electron chi connectivity index (χ2n) is 8.13. The number of alkyl halides is 3. The van der Waals surface area contributed by atoms with Crippen LogP contribution < -0.4 is 16.7 Å². The van der Waals surface area contributed by atoms with Gasteiger partial charge in [-0.05, 0) is 70.3 Å². The van der Waals surface area contributed by atoms with Gasteiger partial charge in [0.2, 0.25) is 5.91 Å². The maximum Gasteiger partial charge on any atom is 0.490 e. The van der Waals surface area contributed by atoms with E-state index in [4.69, 9.17) is 15.6 Å². The van der Waals surface area contributed by atoms with Crippen molar-refractivity contribution in [3.63, 3.8) is 0 Å². The van der Waals surface area contributed by atoms with Gasteiger partial charge in [0.05, 0.1) is 12.2 Å². The van der Waals surface area contributed by atoms with E-state index in [0.717, 1.165) is 37.3 Å². The molecule has 2 aromatic carbocycles. The third-order valence-corrected chi connectivity index (χ3v) is 5.46. The number of aromatic nitrogens is 4. The van der Waals surface area contributed by atoms with Crippen LogP contribution in [-0.2, 0) is 22.6 Å². The number of benzene rings is 2. The summed E-state index contributed by atoms with van der Waals surface area (Å²) >= 11 is 0. The number of amides is 1. The normalized spacial score (nSPS) is 12.7. The van der Waals surface area contributed by atoms with Crippen molar-refractivity contribution in [3.05, 3.63) is 69.7 Å². The number of carbonyl (C=O) groups excluding carboxylic acids is 1. The SMILES string of the molecule is Cc1cc(-c2cccc(-n3nnn(CC(CN)=C(F)F)c3=O)c2)cc2c1NC(=O)CC2.O=C(O)C(F)(F)F. The van der Waals surface area contributed by atoms with Gasteiger partial charge in [0.25, 0.3) is 6.08 Å². The molecule has 0 saturated carbocycles. The van der Waals surface area contributed by atoms with Crippen molar-refractivity contribution in [2.75, 3.05) is 11.9 Å². The van der Waals surface area contributed by atoms with Crippen molar-refractivity contribution in [2.45, 2.75) is 32.5 Å². The standard InChI is InChI=1S/C21H20F2N6O2.C2HF3O2/c1-12-7-15(8-14-5-6-18(30)25-19(12)14)13-3-2-4-17(9-13)29-21(31)28(26-27-29)11-16(10-24)20(22)23;3-2(4,5)1(6)7/h2-4,7-9H,5-6,10-11,24H2,1H3,(H,25,30);(H,6,7). The van der Waals surface area contributed by atoms with Crippen LogP contribution in [0.15, 0.2) is 52.8 Å². The first-order valence-electron chi connectivity index (χ1n) is 10.9. The van der Waals surface area contributed by atoms with Crippen LogP contribution in [0.1, 0.15) is 17.5 Å². The van der Waals surface area contributed by atoms with Crippen molar-refractivity contribution >= 4 is 17.6 Å². The van der Waals surface area contributed by atoms with Crippen molar-refractivity contribution < 1.29 is 36.6 Å². The summed E-state index contributed by atoms with van der Waals surface area (Å²) in [7, 11) is 0. The summed E-state index contributed by atoms with van der Waals surface area (Å²) in [5, 5.41) is 17.6. The van der Waals surface area contributed by atoms with Gasteiger partial charge in [0, 0.05) is 24.2 Å². The van der Waals surface area contributed by atoms with Crippen LogP contribution in [0.25, 0.3) is 16.8 Å². The highest BCUT2D eigenvalue weighted by Gasteiger charge is 2.38. The lowest BCUT2D eigenvalue weighted by molar-refractivity contribution is -0.192. The van der Waals surface area contributed by atoms with E-state index in [1.807, 2.05) is 25.1 Å². The van der Waals surface area contributed by atoms with Gasteiger partial charge in [-0.1, -0.05) is 12.1 Å². The number of hydrogen-bond acceptors (Lipinski definition) is 6. The maximum absolute atomic E-state index is 12.9. The Morgan fingerprint density at radius 3 is 2.39 bits per heavy atom. The number of nitrogens with one attached hydrogen (secondary N) is 1. The minimum absolute atomic E-state index is 0.00749. The molecule has 3 aromatic rings. The molecule has 0 aliphatic carbocycles. The van der Waals surface area contributed by atoms with Gasteiger partial charge in [-0.15, -0.1) is 0 Å². The average Bonchev–Trinajstić information content (AvgIpc) is 3.22. The number of aliphatic carboxylic acids is 1. The summed E-state index contributed by atoms with van der Waals surface area (Å²) in [6.07, 6.45) is -5.91. The van der Waals surface area contributed by atoms with Gasteiger partial charge in [0.15, 0.2) is 0 Å². The molecule has 2 heterocycles. The minimum atomic E-state index is -5.08. The zero-order valence-corrected chi connectivity index (χ0v) is 19.7. The summed E-state index contributed by atoms with van der Waals surface area (Å²) in [6, 6.07) is 11.1. The zero-order valence-electron chi connectivity index (χ0n) is 19.7. The Bertz CT molecular complexity index is 1460. The topological polar surface area (TPSA) is 145 Å². The summed E-state index contributed by atoms with van der Waals surface area (Å²) in [5.74, 6) is -2.75. The molecular formula is C23H21F5N6O4. The van der Waals surface area contributed by atoms with Crippen LogP contribution in [0.3, 0.4) is 0 Å². The molecule has 1 aliphatic rings. The van der Waals surface area contributed by atoms with E-state index in [1.54, 1.807) is 18.2 Å². The van der Waals surface area contributed by atoms with E-state index in [1.165, 1.54) is 0 Å². The Labute approximate surface area is 211 Å². The molecule has 202 valence electrons. The van der Waals surface area contributed by atoms with Crippen LogP contribution in [-0.4, -0.2) is 49.5 Å². The predicted molar refractivity (Wildman–Crippen MR) is 125 cm³/mol. The molecule has 0 fully saturated rings. The fourth-order valence-corrected chi connectivity index (χ4v) is 3.59. The van der Waals surface area contributed by atoms with Crippen molar-refractivity contribution in [1.82, 2.24) is 19.8 Å². The maximum atomic E-state index is 12.9. The summed E-state index contributed by atoms with van der Waals surface area (Å²) in [4.78, 5) is 33.2. The third kappa shape index (κ3) is 6.47. The van der Waals surface area contributed by atoms with Crippen LogP contribution in [0.4, 0.5) is 27.6 Å². The Kier molecular flexibility index (Phi) is 8.40. The second-order valence-corrected chi connectivity index (χ2v) is 8.13. The number of hydrogen-bond donors (Lipinski definition) is 3. The van der Waals surface area contributed by atoms with Gasteiger partial charge in [0.1, 0.15) is 0 Å². The highest BCUT2D eigenvalue weighted by Crippen LogP contribution is 2.32. The minimum Gasteiger partial charge on any atom is -0.475 e. The van der Waals surface area contributed by atoms with E-state index in [2.05, 4.69) is 15.7 Å². The van der Waals surface area contributed by atoms with Crippen molar-refractivity contribution in [2.24, 2.45) is 5.73 Å². The molecule has 0 bridgehead atoms. The highest BCUT2D eigenvalue weighted by atomic mass is 19.4. The molecule has 10 nitrogen and oxygen atoms in total. The molecular weight excluding hydrogens is 519 g/mol. The van der Waals surface area contributed by atoms with Gasteiger partial charge in [-0.25, -0.2) is 9.59 Å². The molecule has 1 amide bonds. The Morgan fingerprint density at radius 2 is 1.79 bits per heavy atom. The number of aryl methyl sites for hydroxylation is 2. The number of nitrogens with two attached hydrogens (primary N) is 1. The summed E-state index contributed by atoms with van der Waals surface area (Å²) < 4.78 is 59.4. The number of carboxylic acids is 1. The largest absolute Gasteiger partial charge is 0.490 e. The fraction of sp³-hybridized carbons (Fsp3) is 0.261. The van der Waals surface area contributed by atoms with E-state index in [0.29, 0.717) is 18.5 Å². The molecule has 1 aromatic heterocycles. The van der Waals surface area contributed by atoms with E-state index < -0.39 is 30.5 Å². The highest BCUT2D eigenvalue weighted by molar-refractivity contribution is 5.95. The predicted octanol–water partition coefficient (Wildman–Crippen LogP) is 3.03. The Morgan fingerprint density at radius 1 is 1.11 bits per heavy atom. The smallest absolute Gasteiger partial charge is 0.475 e. The summed E-state index contributed by atoms with van der Waals surface area (Å²) in [6.45, 7) is 1.13. The van der Waals surface area contributed by atoms with Gasteiger partial charge >= 0.3 is 17.8 Å². The average molecular weight is 540 g/mol. The van der Waals surface area contributed by atoms with E-state index in [9.17, 15) is 31.5 Å².